The molecular weight excluding hydrogens is 368 g/mol. The van der Waals surface area contributed by atoms with Gasteiger partial charge in [-0.1, -0.05) is 13.8 Å². The number of hydrogen-bond acceptors (Lipinski definition) is 5. The van der Waals surface area contributed by atoms with E-state index in [0.29, 0.717) is 25.6 Å². The number of fused-ring (bicyclic) bond motifs is 1. The molecule has 29 heavy (non-hydrogen) atoms. The molecule has 0 atom stereocenters. The van der Waals surface area contributed by atoms with E-state index in [1.165, 1.54) is 0 Å². The summed E-state index contributed by atoms with van der Waals surface area (Å²) in [5.74, 6) is 1.35. The fraction of sp³-hybridized carbons (Fsp3) is 0.636. The first-order valence-corrected chi connectivity index (χ1v) is 10.2. The first kappa shape index (κ1) is 23.0. The van der Waals surface area contributed by atoms with E-state index in [9.17, 15) is 4.79 Å². The van der Waals surface area contributed by atoms with Gasteiger partial charge in [-0.3, -0.25) is 9.58 Å². The van der Waals surface area contributed by atoms with Crippen LogP contribution in [0.25, 0.3) is 10.9 Å². The lowest BCUT2D eigenvalue weighted by Crippen LogP contribution is -2.38. The lowest BCUT2D eigenvalue weighted by molar-refractivity contribution is 0.0286. The number of hydrogen-bond donors (Lipinski definition) is 0. The molecule has 0 aliphatic rings. The summed E-state index contributed by atoms with van der Waals surface area (Å²) in [6.07, 6.45) is -0.305. The first-order valence-electron chi connectivity index (χ1n) is 10.2. The number of aryl methyl sites for hydroxylation is 1. The lowest BCUT2D eigenvalue weighted by atomic mass is 10.2. The second-order valence-corrected chi connectivity index (χ2v) is 9.09. The van der Waals surface area contributed by atoms with Crippen molar-refractivity contribution in [3.8, 4) is 5.75 Å². The quantitative estimate of drug-likeness (QED) is 0.668. The molecule has 2 aromatic rings. The van der Waals surface area contributed by atoms with E-state index in [2.05, 4.69) is 30.9 Å². The van der Waals surface area contributed by atoms with Gasteiger partial charge in [-0.05, 0) is 51.9 Å². The van der Waals surface area contributed by atoms with E-state index < -0.39 is 5.60 Å². The highest BCUT2D eigenvalue weighted by Gasteiger charge is 2.20. The van der Waals surface area contributed by atoms with Crippen LogP contribution in [-0.4, -0.2) is 65.1 Å². The number of carbonyl (C=O) groups is 1. The molecule has 7 nitrogen and oxygen atoms in total. The summed E-state index contributed by atoms with van der Waals surface area (Å²) in [5.41, 5.74) is 1.59. The Morgan fingerprint density at radius 3 is 2.52 bits per heavy atom. The third-order valence-corrected chi connectivity index (χ3v) is 4.42. The van der Waals surface area contributed by atoms with E-state index in [4.69, 9.17) is 14.6 Å². The summed E-state index contributed by atoms with van der Waals surface area (Å²) >= 11 is 0. The molecule has 1 aromatic heterocycles. The summed E-state index contributed by atoms with van der Waals surface area (Å²) in [7, 11) is 5.75. The number of carbonyl (C=O) groups excluding carboxylic acids is 1. The molecule has 0 saturated carbocycles. The van der Waals surface area contributed by atoms with Crippen LogP contribution >= 0.6 is 0 Å². The van der Waals surface area contributed by atoms with Crippen molar-refractivity contribution in [2.75, 3.05) is 33.8 Å². The molecule has 0 aliphatic heterocycles. The zero-order valence-electron chi connectivity index (χ0n) is 19.2. The molecule has 0 radical (unpaired) electrons. The van der Waals surface area contributed by atoms with Gasteiger partial charge in [-0.15, -0.1) is 0 Å². The number of aromatic nitrogens is 2. The van der Waals surface area contributed by atoms with Gasteiger partial charge in [-0.2, -0.15) is 5.10 Å². The van der Waals surface area contributed by atoms with Crippen LogP contribution in [0.4, 0.5) is 4.79 Å². The maximum Gasteiger partial charge on any atom is 0.410 e. The molecule has 0 unspecified atom stereocenters. The van der Waals surface area contributed by atoms with E-state index in [1.54, 1.807) is 11.9 Å². The fourth-order valence-electron chi connectivity index (χ4n) is 2.87. The number of rotatable bonds is 8. The Kier molecular flexibility index (Phi) is 7.52. The highest BCUT2D eigenvalue weighted by atomic mass is 16.6. The van der Waals surface area contributed by atoms with Gasteiger partial charge >= 0.3 is 6.09 Å². The van der Waals surface area contributed by atoms with E-state index in [-0.39, 0.29) is 6.09 Å². The second kappa shape index (κ2) is 9.48. The van der Waals surface area contributed by atoms with E-state index >= 15 is 0 Å². The normalized spacial score (nSPS) is 12.1. The zero-order valence-corrected chi connectivity index (χ0v) is 19.2. The van der Waals surface area contributed by atoms with Crippen molar-refractivity contribution in [1.82, 2.24) is 19.6 Å². The van der Waals surface area contributed by atoms with Crippen molar-refractivity contribution >= 4 is 17.0 Å². The van der Waals surface area contributed by atoms with Crippen molar-refractivity contribution in [2.24, 2.45) is 13.0 Å². The minimum atomic E-state index is -0.487. The molecule has 0 aliphatic carbocycles. The highest BCUT2D eigenvalue weighted by molar-refractivity contribution is 5.83. The zero-order chi connectivity index (χ0) is 21.8. The van der Waals surface area contributed by atoms with Gasteiger partial charge in [-0.25, -0.2) is 4.79 Å². The molecule has 1 aromatic carbocycles. The van der Waals surface area contributed by atoms with Crippen LogP contribution in [0.2, 0.25) is 0 Å². The molecular formula is C22H36N4O3. The number of likely N-dealkylation sites (N-methyl/N-ethyl adjacent to an activating group) is 2. The molecule has 1 amide bonds. The molecule has 1 heterocycles. The van der Waals surface area contributed by atoms with E-state index in [1.807, 2.05) is 45.6 Å². The molecule has 7 heteroatoms. The van der Waals surface area contributed by atoms with Gasteiger partial charge in [0.15, 0.2) is 0 Å². The minimum Gasteiger partial charge on any atom is -0.493 e. The van der Waals surface area contributed by atoms with Crippen LogP contribution < -0.4 is 4.74 Å². The Labute approximate surface area is 174 Å². The number of amides is 1. The van der Waals surface area contributed by atoms with E-state index in [0.717, 1.165) is 28.9 Å². The summed E-state index contributed by atoms with van der Waals surface area (Å²) in [5, 5.41) is 5.79. The first-order chi connectivity index (χ1) is 13.5. The highest BCUT2D eigenvalue weighted by Crippen LogP contribution is 2.25. The Bertz CT molecular complexity index is 823. The van der Waals surface area contributed by atoms with Crippen molar-refractivity contribution in [2.45, 2.75) is 46.8 Å². The van der Waals surface area contributed by atoms with Crippen molar-refractivity contribution < 1.29 is 14.3 Å². The molecule has 0 saturated heterocycles. The Morgan fingerprint density at radius 1 is 1.21 bits per heavy atom. The number of nitrogens with zero attached hydrogens (tertiary/aromatic N) is 4. The average molecular weight is 405 g/mol. The third kappa shape index (κ3) is 6.92. The average Bonchev–Trinajstić information content (AvgIpc) is 2.91. The predicted octanol–water partition coefficient (Wildman–Crippen LogP) is 3.91. The lowest BCUT2D eigenvalue weighted by Gasteiger charge is -2.26. The minimum absolute atomic E-state index is 0.305. The Balaban J connectivity index is 2.01. The van der Waals surface area contributed by atoms with Gasteiger partial charge in [0.25, 0.3) is 0 Å². The molecule has 0 fully saturated rings. The SMILES string of the molecule is CC(C)COc1ccc2c(c1)c(CN(C)CCN(C)C(=O)OC(C)(C)C)nn2C. The summed E-state index contributed by atoms with van der Waals surface area (Å²) in [6, 6.07) is 6.12. The van der Waals surface area contributed by atoms with Crippen LogP contribution in [0.3, 0.4) is 0 Å². The van der Waals surface area contributed by atoms with Crippen molar-refractivity contribution in [3.05, 3.63) is 23.9 Å². The van der Waals surface area contributed by atoms with Crippen LogP contribution in [0.5, 0.6) is 5.75 Å². The van der Waals surface area contributed by atoms with Crippen LogP contribution in [-0.2, 0) is 18.3 Å². The second-order valence-electron chi connectivity index (χ2n) is 9.09. The number of ether oxygens (including phenoxy) is 2. The molecule has 162 valence electrons. The standard InChI is InChI=1S/C22H36N4O3/c1-16(2)15-28-17-9-10-20-18(13-17)19(23-26(20)8)14-24(6)11-12-25(7)21(27)29-22(3,4)5/h9-10,13,16H,11-12,14-15H2,1-8H3. The number of benzene rings is 1. The van der Waals surface area contributed by atoms with Gasteiger partial charge < -0.3 is 14.4 Å². The van der Waals surface area contributed by atoms with Crippen molar-refractivity contribution in [1.29, 1.82) is 0 Å². The monoisotopic (exact) mass is 404 g/mol. The third-order valence-electron chi connectivity index (χ3n) is 4.42. The molecule has 0 bridgehead atoms. The molecule has 0 N–H and O–H groups in total. The van der Waals surface area contributed by atoms with Gasteiger partial charge in [0.1, 0.15) is 11.4 Å². The van der Waals surface area contributed by atoms with Crippen molar-refractivity contribution in [3.63, 3.8) is 0 Å². The molecule has 0 spiro atoms. The van der Waals surface area contributed by atoms with Crippen LogP contribution in [0.1, 0.15) is 40.3 Å². The van der Waals surface area contributed by atoms with Crippen LogP contribution in [0, 0.1) is 5.92 Å². The Morgan fingerprint density at radius 2 is 1.90 bits per heavy atom. The summed E-state index contributed by atoms with van der Waals surface area (Å²) in [4.78, 5) is 15.9. The van der Waals surface area contributed by atoms with Crippen LogP contribution in [0.15, 0.2) is 18.2 Å². The topological polar surface area (TPSA) is 59.8 Å². The van der Waals surface area contributed by atoms with Gasteiger partial charge in [0.2, 0.25) is 0 Å². The van der Waals surface area contributed by atoms with Gasteiger partial charge in [0, 0.05) is 39.1 Å². The fourth-order valence-corrected chi connectivity index (χ4v) is 2.87. The smallest absolute Gasteiger partial charge is 0.410 e. The summed E-state index contributed by atoms with van der Waals surface area (Å²) in [6.45, 7) is 12.6. The maximum absolute atomic E-state index is 12.1. The van der Waals surface area contributed by atoms with Gasteiger partial charge in [0.05, 0.1) is 17.8 Å². The largest absolute Gasteiger partial charge is 0.493 e. The predicted molar refractivity (Wildman–Crippen MR) is 116 cm³/mol. The summed E-state index contributed by atoms with van der Waals surface area (Å²) < 4.78 is 13.2. The Hall–Kier alpha value is -2.28. The molecule has 2 rings (SSSR count). The maximum atomic E-state index is 12.1.